The van der Waals surface area contributed by atoms with Crippen LogP contribution in [0, 0.1) is 0 Å². The number of nitrogens with zero attached hydrogens (tertiary/aromatic N) is 1. The lowest BCUT2D eigenvalue weighted by atomic mass is 10.1. The van der Waals surface area contributed by atoms with Crippen LogP contribution in [0.4, 0.5) is 0 Å². The van der Waals surface area contributed by atoms with E-state index in [1.165, 1.54) is 11.3 Å². The second-order valence-electron chi connectivity index (χ2n) is 4.84. The fourth-order valence-corrected chi connectivity index (χ4v) is 2.62. The average Bonchev–Trinajstić information content (AvgIpc) is 2.95. The van der Waals surface area contributed by atoms with Crippen LogP contribution in [-0.4, -0.2) is 22.6 Å². The molecule has 2 aromatic rings. The van der Waals surface area contributed by atoms with Crippen LogP contribution in [0.3, 0.4) is 0 Å². The molecular weight excluding hydrogens is 272 g/mol. The highest BCUT2D eigenvalue weighted by Gasteiger charge is 2.17. The Morgan fingerprint density at radius 2 is 2.05 bits per heavy atom. The summed E-state index contributed by atoms with van der Waals surface area (Å²) in [6.45, 7) is 3.94. The van der Waals surface area contributed by atoms with Crippen LogP contribution in [0.5, 0.6) is 0 Å². The average molecular weight is 290 g/mol. The Kier molecular flexibility index (Phi) is 4.87. The Morgan fingerprint density at radius 3 is 2.60 bits per heavy atom. The maximum absolute atomic E-state index is 12.1. The molecular formula is C15H18N2O2S. The van der Waals surface area contributed by atoms with Crippen molar-refractivity contribution in [3.05, 3.63) is 52.0 Å². The fraction of sp³-hybridized carbons (Fsp3) is 0.333. The number of hydrogen-bond acceptors (Lipinski definition) is 4. The maximum Gasteiger partial charge on any atom is 0.271 e. The first-order valence-corrected chi connectivity index (χ1v) is 7.42. The van der Waals surface area contributed by atoms with Crippen molar-refractivity contribution in [1.82, 2.24) is 10.3 Å². The molecule has 1 aromatic heterocycles. The first-order valence-electron chi connectivity index (χ1n) is 6.54. The van der Waals surface area contributed by atoms with E-state index in [2.05, 4.69) is 10.3 Å². The lowest BCUT2D eigenvalue weighted by Gasteiger charge is -2.15. The molecule has 2 rings (SSSR count). The van der Waals surface area contributed by atoms with Gasteiger partial charge in [0.25, 0.3) is 5.91 Å². The molecule has 0 aliphatic carbocycles. The lowest BCUT2D eigenvalue weighted by molar-refractivity contribution is 0.0911. The van der Waals surface area contributed by atoms with E-state index in [0.717, 1.165) is 10.6 Å². The lowest BCUT2D eigenvalue weighted by Crippen LogP contribution is -2.31. The predicted molar refractivity (Wildman–Crippen MR) is 79.9 cm³/mol. The van der Waals surface area contributed by atoms with Crippen LogP contribution in [-0.2, 0) is 0 Å². The fourth-order valence-electron chi connectivity index (χ4n) is 1.81. The van der Waals surface area contributed by atoms with E-state index in [4.69, 9.17) is 0 Å². The molecule has 0 radical (unpaired) electrons. The van der Waals surface area contributed by atoms with Gasteiger partial charge in [-0.3, -0.25) is 4.79 Å². The van der Waals surface area contributed by atoms with E-state index < -0.39 is 6.04 Å². The molecule has 0 saturated carbocycles. The Labute approximate surface area is 122 Å². The van der Waals surface area contributed by atoms with E-state index in [0.29, 0.717) is 11.6 Å². The number of benzene rings is 1. The normalized spacial score (nSPS) is 12.4. The highest BCUT2D eigenvalue weighted by atomic mass is 32.1. The zero-order valence-corrected chi connectivity index (χ0v) is 12.4. The van der Waals surface area contributed by atoms with Gasteiger partial charge in [-0.15, -0.1) is 11.3 Å². The van der Waals surface area contributed by atoms with E-state index in [-0.39, 0.29) is 12.5 Å². The summed E-state index contributed by atoms with van der Waals surface area (Å²) in [6, 6.07) is 9.00. The molecule has 20 heavy (non-hydrogen) atoms. The molecule has 4 nitrogen and oxygen atoms in total. The van der Waals surface area contributed by atoms with Crippen molar-refractivity contribution < 1.29 is 9.90 Å². The molecule has 106 valence electrons. The molecule has 0 unspecified atom stereocenters. The van der Waals surface area contributed by atoms with Crippen LogP contribution in [0.1, 0.15) is 46.9 Å². The number of carbonyl (C=O) groups excluding carboxylic acids is 1. The zero-order chi connectivity index (χ0) is 14.5. The SMILES string of the molecule is CC(C)c1nc(C(=O)N[C@H](CO)c2ccccc2)cs1. The summed E-state index contributed by atoms with van der Waals surface area (Å²) in [7, 11) is 0. The van der Waals surface area contributed by atoms with Crippen LogP contribution in [0.15, 0.2) is 35.7 Å². The van der Waals surface area contributed by atoms with Crippen LogP contribution >= 0.6 is 11.3 Å². The van der Waals surface area contributed by atoms with Crippen molar-refractivity contribution in [3.8, 4) is 0 Å². The van der Waals surface area contributed by atoms with Gasteiger partial charge >= 0.3 is 0 Å². The van der Waals surface area contributed by atoms with Gasteiger partial charge < -0.3 is 10.4 Å². The molecule has 1 atom stereocenters. The van der Waals surface area contributed by atoms with Crippen molar-refractivity contribution in [3.63, 3.8) is 0 Å². The summed E-state index contributed by atoms with van der Waals surface area (Å²) in [4.78, 5) is 16.5. The second kappa shape index (κ2) is 6.63. The van der Waals surface area contributed by atoms with E-state index in [1.807, 2.05) is 44.2 Å². The molecule has 5 heteroatoms. The Morgan fingerprint density at radius 1 is 1.35 bits per heavy atom. The first kappa shape index (κ1) is 14.7. The van der Waals surface area contributed by atoms with Crippen LogP contribution < -0.4 is 5.32 Å². The summed E-state index contributed by atoms with van der Waals surface area (Å²) in [5.41, 5.74) is 1.29. The van der Waals surface area contributed by atoms with Gasteiger partial charge in [0, 0.05) is 11.3 Å². The molecule has 0 saturated heterocycles. The van der Waals surface area contributed by atoms with Gasteiger partial charge in [0.15, 0.2) is 0 Å². The number of rotatable bonds is 5. The van der Waals surface area contributed by atoms with Crippen molar-refractivity contribution in [1.29, 1.82) is 0 Å². The Bertz CT molecular complexity index is 566. The van der Waals surface area contributed by atoms with Gasteiger partial charge in [-0.05, 0) is 5.56 Å². The molecule has 0 aliphatic heterocycles. The second-order valence-corrected chi connectivity index (χ2v) is 5.73. The van der Waals surface area contributed by atoms with Crippen LogP contribution in [0.2, 0.25) is 0 Å². The molecule has 1 amide bonds. The van der Waals surface area contributed by atoms with Crippen molar-refractivity contribution in [2.24, 2.45) is 0 Å². The summed E-state index contributed by atoms with van der Waals surface area (Å²) < 4.78 is 0. The van der Waals surface area contributed by atoms with Crippen molar-refractivity contribution >= 4 is 17.2 Å². The number of carbonyl (C=O) groups is 1. The highest BCUT2D eigenvalue weighted by Crippen LogP contribution is 2.20. The molecule has 0 spiro atoms. The van der Waals surface area contributed by atoms with Crippen molar-refractivity contribution in [2.45, 2.75) is 25.8 Å². The van der Waals surface area contributed by atoms with Gasteiger partial charge in [-0.2, -0.15) is 0 Å². The topological polar surface area (TPSA) is 62.2 Å². The maximum atomic E-state index is 12.1. The Hall–Kier alpha value is -1.72. The minimum absolute atomic E-state index is 0.142. The zero-order valence-electron chi connectivity index (χ0n) is 11.5. The van der Waals surface area contributed by atoms with Gasteiger partial charge in [-0.25, -0.2) is 4.98 Å². The predicted octanol–water partition coefficient (Wildman–Crippen LogP) is 2.73. The Balaban J connectivity index is 2.09. The molecule has 0 bridgehead atoms. The summed E-state index contributed by atoms with van der Waals surface area (Å²) in [6.07, 6.45) is 0. The van der Waals surface area contributed by atoms with Gasteiger partial charge in [0.05, 0.1) is 17.7 Å². The molecule has 2 N–H and O–H groups in total. The van der Waals surface area contributed by atoms with Crippen molar-refractivity contribution in [2.75, 3.05) is 6.61 Å². The smallest absolute Gasteiger partial charge is 0.271 e. The number of amides is 1. The standard InChI is InChI=1S/C15H18N2O2S/c1-10(2)15-17-13(9-20-15)14(19)16-12(8-18)11-6-4-3-5-7-11/h3-7,9-10,12,18H,8H2,1-2H3,(H,16,19)/t12-/m1/s1. The number of nitrogens with one attached hydrogen (secondary N) is 1. The van der Waals surface area contributed by atoms with E-state index >= 15 is 0 Å². The molecule has 0 fully saturated rings. The summed E-state index contributed by atoms with van der Waals surface area (Å²) >= 11 is 1.48. The number of hydrogen-bond donors (Lipinski definition) is 2. The number of aliphatic hydroxyl groups excluding tert-OH is 1. The highest BCUT2D eigenvalue weighted by molar-refractivity contribution is 7.09. The van der Waals surface area contributed by atoms with E-state index in [9.17, 15) is 9.90 Å². The van der Waals surface area contributed by atoms with E-state index in [1.54, 1.807) is 5.38 Å². The largest absolute Gasteiger partial charge is 0.394 e. The monoisotopic (exact) mass is 290 g/mol. The third-order valence-corrected chi connectivity index (χ3v) is 4.08. The van der Waals surface area contributed by atoms with Gasteiger partial charge in [0.2, 0.25) is 0 Å². The minimum atomic E-state index is -0.409. The van der Waals surface area contributed by atoms with Crippen LogP contribution in [0.25, 0.3) is 0 Å². The summed E-state index contributed by atoms with van der Waals surface area (Å²) in [5.74, 6) is 0.0559. The van der Waals surface area contributed by atoms with Gasteiger partial charge in [0.1, 0.15) is 5.69 Å². The summed E-state index contributed by atoms with van der Waals surface area (Å²) in [5, 5.41) is 14.9. The number of aliphatic hydroxyl groups is 1. The minimum Gasteiger partial charge on any atom is -0.394 e. The van der Waals surface area contributed by atoms with Gasteiger partial charge in [-0.1, -0.05) is 44.2 Å². The molecule has 0 aliphatic rings. The number of aromatic nitrogens is 1. The first-order chi connectivity index (χ1) is 9.61. The third-order valence-electron chi connectivity index (χ3n) is 2.94. The molecule has 1 aromatic carbocycles. The molecule has 1 heterocycles. The third kappa shape index (κ3) is 3.43. The quantitative estimate of drug-likeness (QED) is 0.890. The number of thiazole rings is 1.